The fourth-order valence-corrected chi connectivity index (χ4v) is 4.35. The Kier molecular flexibility index (Phi) is 7.68. The van der Waals surface area contributed by atoms with Crippen molar-refractivity contribution >= 4 is 40.3 Å². The molecule has 1 N–H and O–H groups in total. The summed E-state index contributed by atoms with van der Waals surface area (Å²) in [5.74, 6) is -0.875. The van der Waals surface area contributed by atoms with Gasteiger partial charge in [-0.25, -0.2) is 9.78 Å². The minimum absolute atomic E-state index is 0.0958. The lowest BCUT2D eigenvalue weighted by atomic mass is 10.1. The van der Waals surface area contributed by atoms with Crippen LogP contribution in [0.5, 0.6) is 0 Å². The van der Waals surface area contributed by atoms with E-state index >= 15 is 0 Å². The topological polar surface area (TPSA) is 124 Å². The molecule has 10 nitrogen and oxygen atoms in total. The van der Waals surface area contributed by atoms with Crippen molar-refractivity contribution in [2.75, 3.05) is 36.5 Å². The molecule has 2 heterocycles. The number of thiazole rings is 1. The minimum Gasteiger partial charge on any atom is -0.455 e. The van der Waals surface area contributed by atoms with Crippen LogP contribution < -0.4 is 10.2 Å². The predicted octanol–water partition coefficient (Wildman–Crippen LogP) is 3.73. The summed E-state index contributed by atoms with van der Waals surface area (Å²) < 4.78 is 10.8. The maximum absolute atomic E-state index is 12.9. The number of nitro groups is 1. The third-order valence-electron chi connectivity index (χ3n) is 5.36. The second-order valence-electron chi connectivity index (χ2n) is 7.96. The maximum atomic E-state index is 12.9. The average Bonchev–Trinajstić information content (AvgIpc) is 3.31. The second kappa shape index (κ2) is 11.1. The van der Waals surface area contributed by atoms with Crippen molar-refractivity contribution in [1.29, 1.82) is 0 Å². The Balaban J connectivity index is 1.38. The van der Waals surface area contributed by atoms with Crippen molar-refractivity contribution in [3.8, 4) is 0 Å². The summed E-state index contributed by atoms with van der Waals surface area (Å²) in [6.07, 6.45) is 0.0958. The zero-order valence-electron chi connectivity index (χ0n) is 19.1. The van der Waals surface area contributed by atoms with E-state index in [1.54, 1.807) is 11.4 Å². The molecule has 1 aromatic heterocycles. The molecule has 0 bridgehead atoms. The van der Waals surface area contributed by atoms with Gasteiger partial charge < -0.3 is 19.7 Å². The molecule has 1 aliphatic rings. The quantitative estimate of drug-likeness (QED) is 0.284. The molecule has 0 unspecified atom stereocenters. The number of benzene rings is 2. The van der Waals surface area contributed by atoms with E-state index in [4.69, 9.17) is 9.47 Å². The summed E-state index contributed by atoms with van der Waals surface area (Å²) in [6.45, 7) is 4.00. The zero-order valence-corrected chi connectivity index (χ0v) is 19.9. The molecule has 4 rings (SSSR count). The first-order chi connectivity index (χ1) is 16.9. The van der Waals surface area contributed by atoms with Crippen molar-refractivity contribution in [2.24, 2.45) is 0 Å². The van der Waals surface area contributed by atoms with E-state index in [1.165, 1.54) is 23.5 Å². The number of aromatic nitrogens is 1. The van der Waals surface area contributed by atoms with Gasteiger partial charge in [0.25, 0.3) is 5.69 Å². The van der Waals surface area contributed by atoms with Crippen LogP contribution in [0.4, 0.5) is 17.1 Å². The fourth-order valence-electron chi connectivity index (χ4n) is 3.57. The van der Waals surface area contributed by atoms with Crippen molar-refractivity contribution in [3.05, 3.63) is 79.8 Å². The SMILES string of the molecule is Cc1ccc(NC(=O)Cc2nc(COC(=O)c3cc([N+](=O)[O-])ccc3N3CCOCC3)cs2)cc1. The largest absolute Gasteiger partial charge is 0.455 e. The highest BCUT2D eigenvalue weighted by Gasteiger charge is 2.23. The molecule has 35 heavy (non-hydrogen) atoms. The molecule has 0 aliphatic carbocycles. The number of ether oxygens (including phenoxy) is 2. The summed E-state index contributed by atoms with van der Waals surface area (Å²) in [4.78, 5) is 42.2. The van der Waals surface area contributed by atoms with Crippen molar-refractivity contribution in [1.82, 2.24) is 4.98 Å². The van der Waals surface area contributed by atoms with Crippen LogP contribution >= 0.6 is 11.3 Å². The van der Waals surface area contributed by atoms with E-state index < -0.39 is 10.9 Å². The lowest BCUT2D eigenvalue weighted by Gasteiger charge is -2.30. The molecule has 11 heteroatoms. The fraction of sp³-hybridized carbons (Fsp3) is 0.292. The molecule has 1 aliphatic heterocycles. The molecule has 3 aromatic rings. The molecular formula is C24H24N4O6S. The number of non-ortho nitro benzene ring substituents is 1. The number of hydrogen-bond donors (Lipinski definition) is 1. The number of esters is 1. The van der Waals surface area contributed by atoms with Crippen molar-refractivity contribution < 1.29 is 24.0 Å². The second-order valence-corrected chi connectivity index (χ2v) is 8.90. The Labute approximate surface area is 205 Å². The monoisotopic (exact) mass is 496 g/mol. The highest BCUT2D eigenvalue weighted by molar-refractivity contribution is 7.09. The lowest BCUT2D eigenvalue weighted by Crippen LogP contribution is -2.37. The number of carbonyl (C=O) groups excluding carboxylic acids is 2. The van der Waals surface area contributed by atoms with Crippen molar-refractivity contribution in [3.63, 3.8) is 0 Å². The molecule has 182 valence electrons. The zero-order chi connectivity index (χ0) is 24.8. The van der Waals surface area contributed by atoms with Crippen LogP contribution in [0.3, 0.4) is 0 Å². The molecule has 0 radical (unpaired) electrons. The molecule has 1 fully saturated rings. The number of aryl methyl sites for hydroxylation is 1. The summed E-state index contributed by atoms with van der Waals surface area (Å²) in [5.41, 5.74) is 2.80. The number of anilines is 2. The highest BCUT2D eigenvalue weighted by Crippen LogP contribution is 2.27. The Bertz CT molecular complexity index is 1220. The van der Waals surface area contributed by atoms with Crippen LogP contribution in [0, 0.1) is 17.0 Å². The standard InChI is InChI=1S/C24H24N4O6S/c1-16-2-4-17(5-3-16)25-22(29)13-23-26-18(15-35-23)14-34-24(30)20-12-19(28(31)32)6-7-21(20)27-8-10-33-11-9-27/h2-7,12,15H,8-11,13-14H2,1H3,(H,25,29). The maximum Gasteiger partial charge on any atom is 0.340 e. The summed E-state index contributed by atoms with van der Waals surface area (Å²) in [5, 5.41) is 16.4. The molecule has 1 saturated heterocycles. The van der Waals surface area contributed by atoms with Gasteiger partial charge in [-0.3, -0.25) is 14.9 Å². The van der Waals surface area contributed by atoms with Gasteiger partial charge in [-0.05, 0) is 25.1 Å². The van der Waals surface area contributed by atoms with Gasteiger partial charge in [0, 0.05) is 36.3 Å². The van der Waals surface area contributed by atoms with Gasteiger partial charge in [0.2, 0.25) is 5.91 Å². The molecule has 0 atom stereocenters. The molecule has 0 saturated carbocycles. The van der Waals surface area contributed by atoms with E-state index in [2.05, 4.69) is 10.3 Å². The third kappa shape index (κ3) is 6.40. The normalized spacial score (nSPS) is 13.3. The summed E-state index contributed by atoms with van der Waals surface area (Å²) in [6, 6.07) is 11.7. The van der Waals surface area contributed by atoms with E-state index in [-0.39, 0.29) is 30.2 Å². The first-order valence-corrected chi connectivity index (χ1v) is 11.8. The lowest BCUT2D eigenvalue weighted by molar-refractivity contribution is -0.384. The van der Waals surface area contributed by atoms with E-state index in [0.29, 0.717) is 48.4 Å². The minimum atomic E-state index is -0.679. The first kappa shape index (κ1) is 24.3. The Morgan fingerprint density at radius 3 is 2.66 bits per heavy atom. The van der Waals surface area contributed by atoms with Crippen LogP contribution in [-0.2, 0) is 27.3 Å². The smallest absolute Gasteiger partial charge is 0.340 e. The first-order valence-electron chi connectivity index (χ1n) is 11.0. The Hall–Kier alpha value is -3.83. The van der Waals surface area contributed by atoms with Gasteiger partial charge in [-0.1, -0.05) is 17.7 Å². The van der Waals surface area contributed by atoms with Crippen molar-refractivity contribution in [2.45, 2.75) is 20.0 Å². The third-order valence-corrected chi connectivity index (χ3v) is 6.26. The number of nitrogens with zero attached hydrogens (tertiary/aromatic N) is 3. The predicted molar refractivity (Wildman–Crippen MR) is 131 cm³/mol. The number of morpholine rings is 1. The van der Waals surface area contributed by atoms with Gasteiger partial charge in [-0.2, -0.15) is 0 Å². The van der Waals surface area contributed by atoms with Crippen LogP contribution in [-0.4, -0.2) is 48.1 Å². The molecular weight excluding hydrogens is 472 g/mol. The molecule has 1 amide bonds. The number of nitro benzene ring substituents is 1. The van der Waals surface area contributed by atoms with E-state index in [0.717, 1.165) is 5.56 Å². The Morgan fingerprint density at radius 2 is 1.94 bits per heavy atom. The molecule has 0 spiro atoms. The van der Waals surface area contributed by atoms with Gasteiger partial charge in [-0.15, -0.1) is 11.3 Å². The number of rotatable bonds is 8. The van der Waals surface area contributed by atoms with Crippen LogP contribution in [0.2, 0.25) is 0 Å². The van der Waals surface area contributed by atoms with E-state index in [9.17, 15) is 19.7 Å². The van der Waals surface area contributed by atoms with Gasteiger partial charge in [0.05, 0.1) is 41.5 Å². The number of hydrogen-bond acceptors (Lipinski definition) is 9. The van der Waals surface area contributed by atoms with Crippen LogP contribution in [0.15, 0.2) is 47.8 Å². The summed E-state index contributed by atoms with van der Waals surface area (Å²) in [7, 11) is 0. The summed E-state index contributed by atoms with van der Waals surface area (Å²) >= 11 is 1.30. The Morgan fingerprint density at radius 1 is 1.20 bits per heavy atom. The molecule has 2 aromatic carbocycles. The van der Waals surface area contributed by atoms with Gasteiger partial charge >= 0.3 is 5.97 Å². The number of nitrogens with one attached hydrogen (secondary N) is 1. The highest BCUT2D eigenvalue weighted by atomic mass is 32.1. The van der Waals surface area contributed by atoms with E-state index in [1.807, 2.05) is 36.1 Å². The van der Waals surface area contributed by atoms with Gasteiger partial charge in [0.1, 0.15) is 11.6 Å². The van der Waals surface area contributed by atoms with Crippen LogP contribution in [0.25, 0.3) is 0 Å². The number of carbonyl (C=O) groups is 2. The number of amides is 1. The van der Waals surface area contributed by atoms with Crippen LogP contribution in [0.1, 0.15) is 26.6 Å². The average molecular weight is 497 g/mol. The van der Waals surface area contributed by atoms with Gasteiger partial charge in [0.15, 0.2) is 0 Å².